The number of benzene rings is 1. The Kier molecular flexibility index (Phi) is 5.67. The lowest BCUT2D eigenvalue weighted by atomic mass is 10.1. The zero-order valence-corrected chi connectivity index (χ0v) is 12.5. The average Bonchev–Trinajstić information content (AvgIpc) is 2.26. The van der Waals surface area contributed by atoms with E-state index < -0.39 is 0 Å². The standard InChI is InChI=1S/C16H27NO/c1-13-8-9-14(2)15(12-13)18-11-7-6-10-17-16(3,4)5/h8-9,12,17H,6-7,10-11H2,1-5H3/p+1. The summed E-state index contributed by atoms with van der Waals surface area (Å²) < 4.78 is 5.84. The summed E-state index contributed by atoms with van der Waals surface area (Å²) in [5.74, 6) is 1.04. The summed E-state index contributed by atoms with van der Waals surface area (Å²) in [6.45, 7) is 13.0. The van der Waals surface area contributed by atoms with Crippen LogP contribution in [0, 0.1) is 13.8 Å². The number of unbranched alkanes of at least 4 members (excludes halogenated alkanes) is 1. The van der Waals surface area contributed by atoms with Gasteiger partial charge in [0.25, 0.3) is 0 Å². The van der Waals surface area contributed by atoms with Crippen molar-refractivity contribution in [2.75, 3.05) is 13.2 Å². The minimum atomic E-state index is 0.341. The second kappa shape index (κ2) is 6.79. The van der Waals surface area contributed by atoms with Crippen LogP contribution in [0.3, 0.4) is 0 Å². The van der Waals surface area contributed by atoms with Crippen molar-refractivity contribution < 1.29 is 10.1 Å². The van der Waals surface area contributed by atoms with E-state index in [0.29, 0.717) is 5.54 Å². The molecule has 0 amide bonds. The molecule has 2 N–H and O–H groups in total. The average molecular weight is 250 g/mol. The number of quaternary nitrogens is 1. The normalized spacial score (nSPS) is 11.6. The van der Waals surface area contributed by atoms with Crippen LogP contribution in [0.15, 0.2) is 18.2 Å². The van der Waals surface area contributed by atoms with Crippen LogP contribution in [0.5, 0.6) is 5.75 Å². The molecule has 0 heterocycles. The Balaban J connectivity index is 2.20. The molecule has 0 aliphatic heterocycles. The number of aryl methyl sites for hydroxylation is 2. The van der Waals surface area contributed by atoms with E-state index in [4.69, 9.17) is 4.74 Å². The first-order valence-electron chi connectivity index (χ1n) is 6.93. The van der Waals surface area contributed by atoms with E-state index in [2.05, 4.69) is 58.1 Å². The van der Waals surface area contributed by atoms with Gasteiger partial charge >= 0.3 is 0 Å². The molecule has 0 saturated carbocycles. The fourth-order valence-electron chi connectivity index (χ4n) is 1.83. The van der Waals surface area contributed by atoms with E-state index in [9.17, 15) is 0 Å². The van der Waals surface area contributed by atoms with Crippen LogP contribution < -0.4 is 10.1 Å². The van der Waals surface area contributed by atoms with Gasteiger partial charge in [-0.25, -0.2) is 0 Å². The maximum absolute atomic E-state index is 5.84. The predicted octanol–water partition coefficient (Wildman–Crippen LogP) is 2.82. The van der Waals surface area contributed by atoms with E-state index >= 15 is 0 Å². The Hall–Kier alpha value is -1.02. The molecule has 1 aromatic rings. The quantitative estimate of drug-likeness (QED) is 0.772. The van der Waals surface area contributed by atoms with Crippen LogP contribution in [0.2, 0.25) is 0 Å². The molecule has 0 fully saturated rings. The largest absolute Gasteiger partial charge is 0.493 e. The highest BCUT2D eigenvalue weighted by molar-refractivity contribution is 5.35. The number of nitrogens with two attached hydrogens (primary N) is 1. The minimum absolute atomic E-state index is 0.341. The van der Waals surface area contributed by atoms with Crippen LogP contribution in [-0.4, -0.2) is 18.7 Å². The highest BCUT2D eigenvalue weighted by atomic mass is 16.5. The number of hydrogen-bond acceptors (Lipinski definition) is 1. The van der Waals surface area contributed by atoms with Gasteiger partial charge < -0.3 is 10.1 Å². The van der Waals surface area contributed by atoms with Gasteiger partial charge in [-0.15, -0.1) is 0 Å². The van der Waals surface area contributed by atoms with Gasteiger partial charge in [0.15, 0.2) is 0 Å². The fourth-order valence-corrected chi connectivity index (χ4v) is 1.83. The Morgan fingerprint density at radius 2 is 1.83 bits per heavy atom. The molecule has 0 atom stereocenters. The molecule has 0 spiro atoms. The molecule has 0 aliphatic carbocycles. The van der Waals surface area contributed by atoms with Gasteiger partial charge in [0.2, 0.25) is 0 Å². The first-order chi connectivity index (χ1) is 8.38. The smallest absolute Gasteiger partial charge is 0.122 e. The summed E-state index contributed by atoms with van der Waals surface area (Å²) in [6, 6.07) is 6.37. The third-order valence-corrected chi connectivity index (χ3v) is 2.96. The molecular formula is C16H28NO+. The number of hydrogen-bond donors (Lipinski definition) is 1. The topological polar surface area (TPSA) is 25.8 Å². The number of ether oxygens (including phenoxy) is 1. The molecule has 2 nitrogen and oxygen atoms in total. The zero-order valence-electron chi connectivity index (χ0n) is 12.5. The Bertz CT molecular complexity index is 366. The summed E-state index contributed by atoms with van der Waals surface area (Å²) in [5.41, 5.74) is 2.83. The molecule has 2 heteroatoms. The maximum atomic E-state index is 5.84. The molecule has 0 unspecified atom stereocenters. The van der Waals surface area contributed by atoms with E-state index in [0.717, 1.165) is 18.8 Å². The summed E-state index contributed by atoms with van der Waals surface area (Å²) in [5, 5.41) is 2.39. The van der Waals surface area contributed by atoms with E-state index in [-0.39, 0.29) is 0 Å². The summed E-state index contributed by atoms with van der Waals surface area (Å²) in [7, 11) is 0. The SMILES string of the molecule is Cc1ccc(C)c(OCCCC[NH2+]C(C)(C)C)c1. The third-order valence-electron chi connectivity index (χ3n) is 2.96. The molecule has 1 aromatic carbocycles. The van der Waals surface area contributed by atoms with Crippen molar-refractivity contribution in [2.45, 2.75) is 53.0 Å². The molecular weight excluding hydrogens is 222 g/mol. The van der Waals surface area contributed by atoms with E-state index in [1.165, 1.54) is 24.1 Å². The van der Waals surface area contributed by atoms with Crippen molar-refractivity contribution in [3.63, 3.8) is 0 Å². The van der Waals surface area contributed by atoms with Crippen LogP contribution in [0.4, 0.5) is 0 Å². The van der Waals surface area contributed by atoms with Crippen LogP contribution in [-0.2, 0) is 0 Å². The Morgan fingerprint density at radius 1 is 1.11 bits per heavy atom. The first-order valence-corrected chi connectivity index (χ1v) is 6.93. The lowest BCUT2D eigenvalue weighted by Crippen LogP contribution is -2.94. The van der Waals surface area contributed by atoms with Crippen molar-refractivity contribution in [2.24, 2.45) is 0 Å². The van der Waals surface area contributed by atoms with Gasteiger partial charge in [0, 0.05) is 0 Å². The van der Waals surface area contributed by atoms with Gasteiger partial charge in [-0.2, -0.15) is 0 Å². The molecule has 0 bridgehead atoms. The monoisotopic (exact) mass is 250 g/mol. The van der Waals surface area contributed by atoms with Crippen LogP contribution >= 0.6 is 0 Å². The molecule has 1 rings (SSSR count). The molecule has 0 saturated heterocycles. The lowest BCUT2D eigenvalue weighted by Gasteiger charge is -2.16. The second-order valence-corrected chi connectivity index (χ2v) is 6.18. The van der Waals surface area contributed by atoms with Crippen molar-refractivity contribution >= 4 is 0 Å². The van der Waals surface area contributed by atoms with Gasteiger partial charge in [0.05, 0.1) is 18.7 Å². The summed E-state index contributed by atoms with van der Waals surface area (Å²) in [4.78, 5) is 0. The van der Waals surface area contributed by atoms with Crippen molar-refractivity contribution in [3.05, 3.63) is 29.3 Å². The van der Waals surface area contributed by atoms with Gasteiger partial charge in [0.1, 0.15) is 5.75 Å². The predicted molar refractivity (Wildman–Crippen MR) is 77.2 cm³/mol. The Labute approximate surface area is 112 Å². The number of rotatable bonds is 6. The summed E-state index contributed by atoms with van der Waals surface area (Å²) >= 11 is 0. The molecule has 102 valence electrons. The summed E-state index contributed by atoms with van der Waals surface area (Å²) in [6.07, 6.45) is 2.34. The zero-order chi connectivity index (χ0) is 13.6. The molecule has 0 aliphatic rings. The highest BCUT2D eigenvalue weighted by Gasteiger charge is 2.11. The second-order valence-electron chi connectivity index (χ2n) is 6.18. The van der Waals surface area contributed by atoms with Gasteiger partial charge in [-0.05, 0) is 64.7 Å². The maximum Gasteiger partial charge on any atom is 0.122 e. The lowest BCUT2D eigenvalue weighted by molar-refractivity contribution is -0.717. The Morgan fingerprint density at radius 3 is 2.50 bits per heavy atom. The van der Waals surface area contributed by atoms with E-state index in [1.54, 1.807) is 0 Å². The fraction of sp³-hybridized carbons (Fsp3) is 0.625. The molecule has 0 aromatic heterocycles. The van der Waals surface area contributed by atoms with Gasteiger partial charge in [-0.1, -0.05) is 12.1 Å². The van der Waals surface area contributed by atoms with Crippen molar-refractivity contribution in [3.8, 4) is 5.75 Å². The van der Waals surface area contributed by atoms with Crippen molar-refractivity contribution in [1.82, 2.24) is 0 Å². The van der Waals surface area contributed by atoms with E-state index in [1.807, 2.05) is 0 Å². The molecule has 0 radical (unpaired) electrons. The van der Waals surface area contributed by atoms with Gasteiger partial charge in [-0.3, -0.25) is 0 Å². The first kappa shape index (κ1) is 15.0. The third kappa shape index (κ3) is 6.06. The van der Waals surface area contributed by atoms with Crippen LogP contribution in [0.1, 0.15) is 44.7 Å². The van der Waals surface area contributed by atoms with Crippen LogP contribution in [0.25, 0.3) is 0 Å². The minimum Gasteiger partial charge on any atom is -0.493 e. The molecule has 18 heavy (non-hydrogen) atoms. The highest BCUT2D eigenvalue weighted by Crippen LogP contribution is 2.19. The van der Waals surface area contributed by atoms with Crippen molar-refractivity contribution in [1.29, 1.82) is 0 Å².